The van der Waals surface area contributed by atoms with Crippen LogP contribution >= 0.6 is 11.8 Å². The van der Waals surface area contributed by atoms with Gasteiger partial charge in [0.25, 0.3) is 5.91 Å². The Hall–Kier alpha value is -3.13. The first-order chi connectivity index (χ1) is 13.2. The second-order valence-corrected chi connectivity index (χ2v) is 7.43. The molecule has 0 fully saturated rings. The molecule has 2 heterocycles. The van der Waals surface area contributed by atoms with Crippen molar-refractivity contribution in [3.8, 4) is 5.69 Å². The number of nitrogens with one attached hydrogen (secondary N) is 2. The van der Waals surface area contributed by atoms with Crippen LogP contribution in [0.5, 0.6) is 0 Å². The van der Waals surface area contributed by atoms with Crippen LogP contribution in [0.2, 0.25) is 0 Å². The van der Waals surface area contributed by atoms with Crippen molar-refractivity contribution in [1.82, 2.24) is 9.88 Å². The molecule has 0 unspecified atom stereocenters. The van der Waals surface area contributed by atoms with Crippen molar-refractivity contribution in [2.45, 2.75) is 27.7 Å². The zero-order chi connectivity index (χ0) is 20.4. The lowest BCUT2D eigenvalue weighted by Gasteiger charge is -2.11. The first kappa shape index (κ1) is 19.6. The van der Waals surface area contributed by atoms with Gasteiger partial charge in [-0.3, -0.25) is 14.4 Å². The molecule has 0 atom stereocenters. The number of aliphatic imine (C=N–C) groups is 1. The number of anilines is 1. The summed E-state index contributed by atoms with van der Waals surface area (Å²) < 4.78 is 2.07. The number of benzene rings is 1. The van der Waals surface area contributed by atoms with Crippen LogP contribution in [-0.2, 0) is 14.4 Å². The van der Waals surface area contributed by atoms with Crippen molar-refractivity contribution in [3.05, 3.63) is 52.2 Å². The van der Waals surface area contributed by atoms with Gasteiger partial charge in [-0.1, -0.05) is 0 Å². The van der Waals surface area contributed by atoms with Crippen molar-refractivity contribution in [1.29, 1.82) is 0 Å². The van der Waals surface area contributed by atoms with Gasteiger partial charge in [0.2, 0.25) is 11.8 Å². The maximum Gasteiger partial charge on any atom is 0.286 e. The molecule has 2 N–H and O–H groups in total. The second kappa shape index (κ2) is 7.85. The number of nitrogens with zero attached hydrogens (tertiary/aromatic N) is 2. The van der Waals surface area contributed by atoms with Gasteiger partial charge in [0.1, 0.15) is 0 Å². The van der Waals surface area contributed by atoms with Crippen molar-refractivity contribution in [2.75, 3.05) is 5.32 Å². The van der Waals surface area contributed by atoms with Crippen LogP contribution in [0.4, 0.5) is 5.69 Å². The summed E-state index contributed by atoms with van der Waals surface area (Å²) in [6, 6.07) is 9.54. The summed E-state index contributed by atoms with van der Waals surface area (Å²) in [5, 5.41) is 5.59. The summed E-state index contributed by atoms with van der Waals surface area (Å²) in [6.45, 7) is 6.80. The van der Waals surface area contributed by atoms with Crippen molar-refractivity contribution in [3.63, 3.8) is 0 Å². The Bertz CT molecular complexity index is 1030. The van der Waals surface area contributed by atoms with Crippen LogP contribution in [0.25, 0.3) is 11.8 Å². The van der Waals surface area contributed by atoms with Gasteiger partial charge in [0.05, 0.1) is 4.91 Å². The molecular weight excluding hydrogens is 376 g/mol. The third-order valence-electron chi connectivity index (χ3n) is 4.11. The largest absolute Gasteiger partial charge is 0.326 e. The van der Waals surface area contributed by atoms with E-state index in [0.717, 1.165) is 40.1 Å². The van der Waals surface area contributed by atoms with E-state index < -0.39 is 0 Å². The third kappa shape index (κ3) is 4.23. The zero-order valence-electron chi connectivity index (χ0n) is 16.0. The molecule has 0 saturated carbocycles. The van der Waals surface area contributed by atoms with E-state index >= 15 is 0 Å². The van der Waals surface area contributed by atoms with E-state index in [0.29, 0.717) is 10.1 Å². The molecule has 1 aromatic carbocycles. The Kier molecular flexibility index (Phi) is 5.51. The highest BCUT2D eigenvalue weighted by Crippen LogP contribution is 2.30. The smallest absolute Gasteiger partial charge is 0.286 e. The van der Waals surface area contributed by atoms with E-state index in [1.807, 2.05) is 44.2 Å². The van der Waals surface area contributed by atoms with Crippen LogP contribution in [0.15, 0.2) is 40.2 Å². The average molecular weight is 396 g/mol. The first-order valence-electron chi connectivity index (χ1n) is 8.61. The minimum Gasteiger partial charge on any atom is -0.326 e. The van der Waals surface area contributed by atoms with Crippen molar-refractivity contribution < 1.29 is 14.4 Å². The standard InChI is InChI=1S/C20H20N4O3S/c1-11-9-15(10-18-19(27)23-20(28-18)22-14(4)26)12(2)24(11)17-7-5-16(6-8-17)21-13(3)25/h5-10H,1-4H3,(H,21,25)(H,22,23,26,27)/b18-10-. The molecule has 0 bridgehead atoms. The number of thioether (sulfide) groups is 1. The van der Waals surface area contributed by atoms with E-state index in [4.69, 9.17) is 0 Å². The Morgan fingerprint density at radius 1 is 1.07 bits per heavy atom. The Labute approximate surface area is 166 Å². The van der Waals surface area contributed by atoms with Gasteiger partial charge in [-0.05, 0) is 67.6 Å². The molecule has 1 aliphatic heterocycles. The molecule has 0 spiro atoms. The fourth-order valence-corrected chi connectivity index (χ4v) is 3.83. The number of hydrogen-bond acceptors (Lipinski definition) is 4. The third-order valence-corrected chi connectivity index (χ3v) is 5.01. The fraction of sp³-hybridized carbons (Fsp3) is 0.200. The predicted molar refractivity (Wildman–Crippen MR) is 111 cm³/mol. The molecule has 28 heavy (non-hydrogen) atoms. The van der Waals surface area contributed by atoms with Gasteiger partial charge < -0.3 is 15.2 Å². The van der Waals surface area contributed by atoms with E-state index in [-0.39, 0.29) is 17.7 Å². The molecule has 0 saturated heterocycles. The summed E-state index contributed by atoms with van der Waals surface area (Å²) in [5.41, 5.74) is 4.57. The number of aryl methyl sites for hydroxylation is 1. The summed E-state index contributed by atoms with van der Waals surface area (Å²) in [4.78, 5) is 38.7. The topological polar surface area (TPSA) is 92.6 Å². The molecule has 1 aliphatic rings. The van der Waals surface area contributed by atoms with Crippen LogP contribution in [0.1, 0.15) is 30.8 Å². The normalized spacial score (nSPS) is 14.9. The quantitative estimate of drug-likeness (QED) is 0.780. The first-order valence-corrected chi connectivity index (χ1v) is 9.43. The molecule has 3 amide bonds. The molecule has 0 radical (unpaired) electrons. The van der Waals surface area contributed by atoms with Crippen LogP contribution in [0, 0.1) is 13.8 Å². The van der Waals surface area contributed by atoms with Gasteiger partial charge in [-0.2, -0.15) is 4.99 Å². The molecule has 2 aromatic rings. The molecule has 1 aromatic heterocycles. The lowest BCUT2D eigenvalue weighted by molar-refractivity contribution is -0.117. The molecule has 7 nitrogen and oxygen atoms in total. The highest BCUT2D eigenvalue weighted by atomic mass is 32.2. The highest BCUT2D eigenvalue weighted by molar-refractivity contribution is 8.18. The van der Waals surface area contributed by atoms with Gasteiger partial charge in [0, 0.05) is 36.6 Å². The molecular formula is C20H20N4O3S. The number of aromatic nitrogens is 1. The van der Waals surface area contributed by atoms with Gasteiger partial charge >= 0.3 is 0 Å². The Morgan fingerprint density at radius 2 is 1.71 bits per heavy atom. The minimum absolute atomic E-state index is 0.116. The predicted octanol–water partition coefficient (Wildman–Crippen LogP) is 3.16. The minimum atomic E-state index is -0.363. The van der Waals surface area contributed by atoms with E-state index in [1.165, 1.54) is 13.8 Å². The van der Waals surface area contributed by atoms with Gasteiger partial charge in [0.15, 0.2) is 5.17 Å². The Balaban J connectivity index is 1.88. The summed E-state index contributed by atoms with van der Waals surface area (Å²) >= 11 is 1.15. The summed E-state index contributed by atoms with van der Waals surface area (Å²) in [7, 11) is 0. The highest BCUT2D eigenvalue weighted by Gasteiger charge is 2.23. The van der Waals surface area contributed by atoms with E-state index in [9.17, 15) is 14.4 Å². The number of carbonyl (C=O) groups excluding carboxylic acids is 3. The number of carbonyl (C=O) groups is 3. The molecule has 0 aliphatic carbocycles. The Morgan fingerprint density at radius 3 is 2.32 bits per heavy atom. The lowest BCUT2D eigenvalue weighted by Crippen LogP contribution is -2.23. The maximum absolute atomic E-state index is 12.1. The van der Waals surface area contributed by atoms with Crippen LogP contribution < -0.4 is 10.6 Å². The van der Waals surface area contributed by atoms with Gasteiger partial charge in [-0.25, -0.2) is 0 Å². The lowest BCUT2D eigenvalue weighted by atomic mass is 10.2. The number of amides is 3. The SMILES string of the molecule is CC(=O)NC1=NC(=O)/C(=C/c2cc(C)n(-c3ccc(NC(C)=O)cc3)c2C)S1. The van der Waals surface area contributed by atoms with Crippen LogP contribution in [-0.4, -0.2) is 27.5 Å². The number of rotatable bonds is 3. The molecule has 144 valence electrons. The molecule has 3 rings (SSSR count). The monoisotopic (exact) mass is 396 g/mol. The van der Waals surface area contributed by atoms with Crippen LogP contribution in [0.3, 0.4) is 0 Å². The zero-order valence-corrected chi connectivity index (χ0v) is 16.8. The molecule has 8 heteroatoms. The van der Waals surface area contributed by atoms with Crippen molar-refractivity contribution in [2.24, 2.45) is 4.99 Å². The summed E-state index contributed by atoms with van der Waals surface area (Å²) in [6.07, 6.45) is 1.79. The number of hydrogen-bond donors (Lipinski definition) is 2. The fourth-order valence-electron chi connectivity index (χ4n) is 2.98. The van der Waals surface area contributed by atoms with Crippen molar-refractivity contribution >= 4 is 46.4 Å². The van der Waals surface area contributed by atoms with E-state index in [2.05, 4.69) is 20.2 Å². The number of amidine groups is 1. The average Bonchev–Trinajstić information content (AvgIpc) is 3.07. The maximum atomic E-state index is 12.1. The van der Waals surface area contributed by atoms with Gasteiger partial charge in [-0.15, -0.1) is 0 Å². The second-order valence-electron chi connectivity index (χ2n) is 6.40. The summed E-state index contributed by atoms with van der Waals surface area (Å²) in [5.74, 6) is -0.742. The van der Waals surface area contributed by atoms with E-state index in [1.54, 1.807) is 6.08 Å².